The summed E-state index contributed by atoms with van der Waals surface area (Å²) < 4.78 is 1.42. The second kappa shape index (κ2) is 9.72. The van der Waals surface area contributed by atoms with Gasteiger partial charge in [0.25, 0.3) is 11.5 Å². The van der Waals surface area contributed by atoms with Crippen LogP contribution in [0.4, 0.5) is 0 Å². The quantitative estimate of drug-likeness (QED) is 0.605. The first-order valence-electron chi connectivity index (χ1n) is 12.6. The molecule has 188 valence electrons. The van der Waals surface area contributed by atoms with Crippen molar-refractivity contribution in [2.24, 2.45) is 5.92 Å². The third-order valence-corrected chi connectivity index (χ3v) is 7.43. The van der Waals surface area contributed by atoms with Crippen molar-refractivity contribution >= 4 is 22.8 Å². The number of carbonyl (C=O) groups excluding carboxylic acids is 2. The first kappa shape index (κ1) is 24.0. The molecule has 3 aromatic rings. The van der Waals surface area contributed by atoms with Gasteiger partial charge in [-0.05, 0) is 55.5 Å². The first-order valence-corrected chi connectivity index (χ1v) is 12.6. The molecular formula is C27H31N5O4. The maximum atomic E-state index is 13.4. The Bertz CT molecular complexity index is 1440. The maximum absolute atomic E-state index is 13.4. The number of pyridine rings is 1. The number of aryl methyl sites for hydroxylation is 2. The van der Waals surface area contributed by atoms with Crippen molar-refractivity contribution in [3.63, 3.8) is 0 Å². The van der Waals surface area contributed by atoms with Gasteiger partial charge in [0.05, 0.1) is 11.9 Å². The number of carbonyl (C=O) groups is 2. The fourth-order valence-electron chi connectivity index (χ4n) is 5.33. The van der Waals surface area contributed by atoms with Gasteiger partial charge >= 0.3 is 5.69 Å². The minimum atomic E-state index is -0.541. The summed E-state index contributed by atoms with van der Waals surface area (Å²) in [5, 5.41) is 0.350. The Morgan fingerprint density at radius 2 is 1.69 bits per heavy atom. The van der Waals surface area contributed by atoms with Crippen molar-refractivity contribution in [1.29, 1.82) is 0 Å². The molecule has 2 fully saturated rings. The van der Waals surface area contributed by atoms with Crippen molar-refractivity contribution in [2.45, 2.75) is 46.1 Å². The van der Waals surface area contributed by atoms with Crippen molar-refractivity contribution in [3.05, 3.63) is 73.6 Å². The van der Waals surface area contributed by atoms with Crippen LogP contribution in [0.2, 0.25) is 0 Å². The van der Waals surface area contributed by atoms with Gasteiger partial charge in [-0.3, -0.25) is 23.9 Å². The Kier molecular flexibility index (Phi) is 6.47. The highest BCUT2D eigenvalue weighted by atomic mass is 16.2. The monoisotopic (exact) mass is 489 g/mol. The topological polar surface area (TPSA) is 108 Å². The molecule has 1 aliphatic heterocycles. The van der Waals surface area contributed by atoms with Gasteiger partial charge in [0.15, 0.2) is 0 Å². The standard InChI is InChI=1S/C27H31N5O4/c1-17-13-22-23(28-15-17)32(27(36)29-24(22)33)16-19-8-7-18(2)21(14-19)26(35)31-11-9-30(10-12-31)25(34)20-5-3-4-6-20/h7-8,13-15,20H,3-6,9-12,16H2,1-2H3,(H,29,33,36). The summed E-state index contributed by atoms with van der Waals surface area (Å²) in [6.45, 7) is 6.04. The van der Waals surface area contributed by atoms with E-state index in [9.17, 15) is 19.2 Å². The molecule has 0 spiro atoms. The molecule has 2 aromatic heterocycles. The van der Waals surface area contributed by atoms with E-state index in [1.165, 1.54) is 4.57 Å². The minimum Gasteiger partial charge on any atom is -0.339 e. The maximum Gasteiger partial charge on any atom is 0.330 e. The summed E-state index contributed by atoms with van der Waals surface area (Å²) in [5.74, 6) is 0.312. The number of hydrogen-bond donors (Lipinski definition) is 1. The molecule has 0 unspecified atom stereocenters. The molecule has 1 N–H and O–H groups in total. The van der Waals surface area contributed by atoms with Crippen LogP contribution in [-0.4, -0.2) is 62.3 Å². The zero-order valence-electron chi connectivity index (χ0n) is 20.7. The van der Waals surface area contributed by atoms with Crippen LogP contribution in [0.3, 0.4) is 0 Å². The fourth-order valence-corrected chi connectivity index (χ4v) is 5.33. The highest BCUT2D eigenvalue weighted by Gasteiger charge is 2.31. The molecule has 2 aliphatic rings. The van der Waals surface area contributed by atoms with Crippen molar-refractivity contribution in [1.82, 2.24) is 24.3 Å². The summed E-state index contributed by atoms with van der Waals surface area (Å²) in [7, 11) is 0. The summed E-state index contributed by atoms with van der Waals surface area (Å²) in [4.78, 5) is 61.5. The Morgan fingerprint density at radius 1 is 1.00 bits per heavy atom. The number of H-pyrrole nitrogens is 1. The number of aromatic amines is 1. The van der Waals surface area contributed by atoms with Gasteiger partial charge in [-0.15, -0.1) is 0 Å². The minimum absolute atomic E-state index is 0.0743. The average Bonchev–Trinajstić information content (AvgIpc) is 3.42. The Labute approximate surface area is 208 Å². The highest BCUT2D eigenvalue weighted by Crippen LogP contribution is 2.27. The van der Waals surface area contributed by atoms with Crippen LogP contribution >= 0.6 is 0 Å². The summed E-state index contributed by atoms with van der Waals surface area (Å²) in [5.41, 5.74) is 2.32. The summed E-state index contributed by atoms with van der Waals surface area (Å²) in [6, 6.07) is 7.27. The number of amides is 2. The van der Waals surface area contributed by atoms with Gasteiger partial charge in [-0.1, -0.05) is 25.0 Å². The van der Waals surface area contributed by atoms with Crippen molar-refractivity contribution in [3.8, 4) is 0 Å². The molecular weight excluding hydrogens is 458 g/mol. The van der Waals surface area contributed by atoms with Crippen LogP contribution in [0.25, 0.3) is 11.0 Å². The van der Waals surface area contributed by atoms with Gasteiger partial charge < -0.3 is 9.80 Å². The van der Waals surface area contributed by atoms with Gasteiger partial charge in [0.2, 0.25) is 5.91 Å². The Hall–Kier alpha value is -3.75. The molecule has 5 rings (SSSR count). The highest BCUT2D eigenvalue weighted by molar-refractivity contribution is 5.96. The number of benzene rings is 1. The van der Waals surface area contributed by atoms with E-state index in [2.05, 4.69) is 9.97 Å². The van der Waals surface area contributed by atoms with E-state index >= 15 is 0 Å². The summed E-state index contributed by atoms with van der Waals surface area (Å²) >= 11 is 0. The lowest BCUT2D eigenvalue weighted by atomic mass is 10.0. The van der Waals surface area contributed by atoms with Gasteiger partial charge in [-0.2, -0.15) is 0 Å². The van der Waals surface area contributed by atoms with Crippen LogP contribution in [0, 0.1) is 19.8 Å². The molecule has 3 heterocycles. The van der Waals surface area contributed by atoms with Crippen molar-refractivity contribution in [2.75, 3.05) is 26.2 Å². The normalized spacial score (nSPS) is 16.6. The molecule has 0 bridgehead atoms. The van der Waals surface area contributed by atoms with E-state index in [-0.39, 0.29) is 24.3 Å². The number of aromatic nitrogens is 3. The molecule has 1 saturated heterocycles. The van der Waals surface area contributed by atoms with Crippen LogP contribution in [0.1, 0.15) is 52.7 Å². The van der Waals surface area contributed by atoms with Gasteiger partial charge in [0, 0.05) is 43.9 Å². The predicted molar refractivity (Wildman–Crippen MR) is 136 cm³/mol. The molecule has 36 heavy (non-hydrogen) atoms. The molecule has 1 aromatic carbocycles. The predicted octanol–water partition coefficient (Wildman–Crippen LogP) is 2.22. The molecule has 9 nitrogen and oxygen atoms in total. The third-order valence-electron chi connectivity index (χ3n) is 7.43. The van der Waals surface area contributed by atoms with Crippen LogP contribution in [-0.2, 0) is 11.3 Å². The summed E-state index contributed by atoms with van der Waals surface area (Å²) in [6.07, 6.45) is 5.83. The lowest BCUT2D eigenvalue weighted by Crippen LogP contribution is -2.51. The Balaban J connectivity index is 1.35. The molecule has 1 aliphatic carbocycles. The molecule has 1 saturated carbocycles. The van der Waals surface area contributed by atoms with E-state index in [4.69, 9.17) is 0 Å². The van der Waals surface area contributed by atoms with Crippen LogP contribution < -0.4 is 11.2 Å². The first-order chi connectivity index (χ1) is 17.3. The number of hydrogen-bond acceptors (Lipinski definition) is 5. The van der Waals surface area contributed by atoms with Crippen LogP contribution in [0.5, 0.6) is 0 Å². The smallest absolute Gasteiger partial charge is 0.330 e. The third kappa shape index (κ3) is 4.57. The molecule has 2 amide bonds. The second-order valence-corrected chi connectivity index (χ2v) is 9.98. The van der Waals surface area contributed by atoms with Gasteiger partial charge in [0.1, 0.15) is 5.65 Å². The van der Waals surface area contributed by atoms with E-state index in [1.54, 1.807) is 17.2 Å². The average molecular weight is 490 g/mol. The van der Waals surface area contributed by atoms with E-state index in [0.717, 1.165) is 42.4 Å². The lowest BCUT2D eigenvalue weighted by molar-refractivity contribution is -0.136. The van der Waals surface area contributed by atoms with E-state index in [1.807, 2.05) is 36.9 Å². The SMILES string of the molecule is Cc1cnc2c(c1)c(=O)[nH]c(=O)n2Cc1ccc(C)c(C(=O)N2CCN(C(=O)C3CCCC3)CC2)c1. The largest absolute Gasteiger partial charge is 0.339 e. The zero-order valence-corrected chi connectivity index (χ0v) is 20.7. The number of nitrogens with one attached hydrogen (secondary N) is 1. The number of nitrogens with zero attached hydrogens (tertiary/aromatic N) is 4. The Morgan fingerprint density at radius 3 is 2.42 bits per heavy atom. The van der Waals surface area contributed by atoms with E-state index < -0.39 is 11.2 Å². The van der Waals surface area contributed by atoms with Gasteiger partial charge in [-0.25, -0.2) is 9.78 Å². The fraction of sp³-hybridized carbons (Fsp3) is 0.444. The number of rotatable bonds is 4. The molecule has 0 radical (unpaired) electrons. The molecule has 0 atom stereocenters. The number of piperazine rings is 1. The van der Waals surface area contributed by atoms with Crippen molar-refractivity contribution < 1.29 is 9.59 Å². The second-order valence-electron chi connectivity index (χ2n) is 9.98. The van der Waals surface area contributed by atoms with Crippen LogP contribution in [0.15, 0.2) is 40.1 Å². The number of fused-ring (bicyclic) bond motifs is 1. The molecule has 9 heteroatoms. The lowest BCUT2D eigenvalue weighted by Gasteiger charge is -2.36. The van der Waals surface area contributed by atoms with E-state index in [0.29, 0.717) is 42.8 Å². The zero-order chi connectivity index (χ0) is 25.4.